The molecule has 144 valence electrons. The van der Waals surface area contributed by atoms with Gasteiger partial charge in [-0.05, 0) is 26.0 Å². The molecule has 1 aliphatic rings. The molecule has 1 aliphatic heterocycles. The molecule has 2 heterocycles. The molecule has 1 N–H and O–H groups in total. The quantitative estimate of drug-likeness (QED) is 0.817. The van der Waals surface area contributed by atoms with Crippen molar-refractivity contribution < 1.29 is 19.1 Å². The van der Waals surface area contributed by atoms with Crippen LogP contribution >= 0.6 is 0 Å². The summed E-state index contributed by atoms with van der Waals surface area (Å²) in [5, 5.41) is 7.03. The number of aliphatic imine (C=N–C) groups is 2. The minimum absolute atomic E-state index is 0.0570. The number of hydrogen-bond donors (Lipinski definition) is 1. The first-order chi connectivity index (χ1) is 13.3. The monoisotopic (exact) mass is 381 g/mol. The van der Waals surface area contributed by atoms with Crippen LogP contribution in [0.1, 0.15) is 23.0 Å². The Hall–Kier alpha value is -3.75. The Bertz CT molecular complexity index is 1030. The number of carbonyl (C=O) groups is 2. The third-order valence-corrected chi connectivity index (χ3v) is 4.04. The summed E-state index contributed by atoms with van der Waals surface area (Å²) in [4.78, 5) is 32.9. The van der Waals surface area contributed by atoms with Crippen molar-refractivity contribution in [1.82, 2.24) is 9.78 Å². The van der Waals surface area contributed by atoms with Crippen molar-refractivity contribution in [2.24, 2.45) is 9.98 Å². The number of aryl methyl sites for hydroxylation is 1. The van der Waals surface area contributed by atoms with Crippen LogP contribution in [0.5, 0.6) is 11.5 Å². The Kier molecular flexibility index (Phi) is 5.08. The van der Waals surface area contributed by atoms with Crippen LogP contribution in [0, 0.1) is 6.92 Å². The van der Waals surface area contributed by atoms with Gasteiger partial charge in [0.25, 0.3) is 17.8 Å². The van der Waals surface area contributed by atoms with Crippen molar-refractivity contribution in [1.29, 1.82) is 0 Å². The summed E-state index contributed by atoms with van der Waals surface area (Å²) in [5.74, 6) is 0.434. The van der Waals surface area contributed by atoms with E-state index >= 15 is 0 Å². The molecule has 9 nitrogen and oxygen atoms in total. The fraction of sp³-hybridized carbons (Fsp3) is 0.211. The fourth-order valence-electron chi connectivity index (χ4n) is 2.52. The maximum absolute atomic E-state index is 12.8. The van der Waals surface area contributed by atoms with Gasteiger partial charge in [-0.15, -0.1) is 0 Å². The molecule has 28 heavy (non-hydrogen) atoms. The molecule has 1 aromatic heterocycles. The molecule has 0 radical (unpaired) electrons. The second kappa shape index (κ2) is 7.47. The summed E-state index contributed by atoms with van der Waals surface area (Å²) in [7, 11) is 3.00. The second-order valence-corrected chi connectivity index (χ2v) is 6.03. The molecule has 1 aromatic carbocycles. The first-order valence-electron chi connectivity index (χ1n) is 8.31. The number of methoxy groups -OCH3 is 2. The van der Waals surface area contributed by atoms with Gasteiger partial charge in [0.15, 0.2) is 0 Å². The SMILES string of the molecule is C=C1C(=O)N=C(n2nc(C)cc2NC(=O)c2cc(OC)cc(OC)c2)N=C1C. The first-order valence-corrected chi connectivity index (χ1v) is 8.31. The average Bonchev–Trinajstić information content (AvgIpc) is 3.05. The molecule has 9 heteroatoms. The van der Waals surface area contributed by atoms with Gasteiger partial charge < -0.3 is 14.8 Å². The smallest absolute Gasteiger partial charge is 0.281 e. The molecule has 0 fully saturated rings. The van der Waals surface area contributed by atoms with Gasteiger partial charge in [-0.3, -0.25) is 9.59 Å². The Morgan fingerprint density at radius 3 is 2.29 bits per heavy atom. The van der Waals surface area contributed by atoms with Gasteiger partial charge in [-0.1, -0.05) is 6.58 Å². The lowest BCUT2D eigenvalue weighted by Gasteiger charge is -2.13. The van der Waals surface area contributed by atoms with Crippen LogP contribution in [0.25, 0.3) is 0 Å². The van der Waals surface area contributed by atoms with Gasteiger partial charge in [-0.2, -0.15) is 14.8 Å². The van der Waals surface area contributed by atoms with Crippen LogP contribution in [0.2, 0.25) is 0 Å². The average molecular weight is 381 g/mol. The normalized spacial score (nSPS) is 13.7. The van der Waals surface area contributed by atoms with Crippen LogP contribution in [0.4, 0.5) is 5.82 Å². The van der Waals surface area contributed by atoms with Crippen LogP contribution in [0.3, 0.4) is 0 Å². The van der Waals surface area contributed by atoms with Crippen molar-refractivity contribution in [2.45, 2.75) is 13.8 Å². The summed E-state index contributed by atoms with van der Waals surface area (Å²) in [6.07, 6.45) is 0. The number of carbonyl (C=O) groups excluding carboxylic acids is 2. The zero-order valence-electron chi connectivity index (χ0n) is 15.9. The topological polar surface area (TPSA) is 107 Å². The highest BCUT2D eigenvalue weighted by Crippen LogP contribution is 2.23. The van der Waals surface area contributed by atoms with Crippen LogP contribution in [0.15, 0.2) is 46.4 Å². The number of nitrogens with zero attached hydrogens (tertiary/aromatic N) is 4. The third kappa shape index (κ3) is 3.68. The van der Waals surface area contributed by atoms with Gasteiger partial charge in [0.05, 0.1) is 31.2 Å². The van der Waals surface area contributed by atoms with Crippen molar-refractivity contribution in [3.63, 3.8) is 0 Å². The number of benzene rings is 1. The van der Waals surface area contributed by atoms with E-state index in [-0.39, 0.29) is 11.5 Å². The number of amides is 2. The minimum atomic E-state index is -0.495. The molecule has 0 aliphatic carbocycles. The van der Waals surface area contributed by atoms with Gasteiger partial charge in [0, 0.05) is 17.7 Å². The predicted octanol–water partition coefficient (Wildman–Crippen LogP) is 2.22. The summed E-state index contributed by atoms with van der Waals surface area (Å²) in [5.41, 5.74) is 1.61. The minimum Gasteiger partial charge on any atom is -0.497 e. The molecular weight excluding hydrogens is 362 g/mol. The predicted molar refractivity (Wildman–Crippen MR) is 105 cm³/mol. The van der Waals surface area contributed by atoms with Gasteiger partial charge in [0.1, 0.15) is 17.3 Å². The van der Waals surface area contributed by atoms with Crippen LogP contribution in [-0.4, -0.2) is 47.5 Å². The summed E-state index contributed by atoms with van der Waals surface area (Å²) >= 11 is 0. The maximum atomic E-state index is 12.8. The molecule has 0 bridgehead atoms. The summed E-state index contributed by atoms with van der Waals surface area (Å²) in [6.45, 7) is 7.05. The molecular formula is C19H19N5O4. The Morgan fingerprint density at radius 2 is 1.71 bits per heavy atom. The highest BCUT2D eigenvalue weighted by atomic mass is 16.5. The number of nitrogens with one attached hydrogen (secondary N) is 1. The number of hydrogen-bond acceptors (Lipinski definition) is 6. The van der Waals surface area contributed by atoms with E-state index in [9.17, 15) is 9.59 Å². The third-order valence-electron chi connectivity index (χ3n) is 4.04. The zero-order chi connectivity index (χ0) is 20.4. The number of anilines is 1. The molecule has 0 unspecified atom stereocenters. The van der Waals surface area contributed by atoms with Gasteiger partial charge >= 0.3 is 0 Å². The van der Waals surface area contributed by atoms with Gasteiger partial charge in [0.2, 0.25) is 0 Å². The zero-order valence-corrected chi connectivity index (χ0v) is 15.9. The Balaban J connectivity index is 1.95. The standard InChI is InChI=1S/C19H19N5O4/c1-10-6-16(24(23-10)19-20-12(3)11(2)17(25)22-19)21-18(26)13-7-14(27-4)9-15(8-13)28-5/h6-9H,2H2,1,3-5H3,(H,21,26). The summed E-state index contributed by atoms with van der Waals surface area (Å²) < 4.78 is 11.7. The lowest BCUT2D eigenvalue weighted by molar-refractivity contribution is -0.113. The van der Waals surface area contributed by atoms with E-state index in [2.05, 4.69) is 27.0 Å². The van der Waals surface area contributed by atoms with E-state index in [4.69, 9.17) is 9.47 Å². The van der Waals surface area contributed by atoms with Crippen molar-refractivity contribution in [2.75, 3.05) is 19.5 Å². The molecule has 0 spiro atoms. The first kappa shape index (κ1) is 19.0. The van der Waals surface area contributed by atoms with Crippen LogP contribution in [-0.2, 0) is 4.79 Å². The number of ether oxygens (including phenoxy) is 2. The fourth-order valence-corrected chi connectivity index (χ4v) is 2.52. The van der Waals surface area contributed by atoms with Crippen molar-refractivity contribution >= 4 is 29.3 Å². The van der Waals surface area contributed by atoms with E-state index in [0.29, 0.717) is 34.3 Å². The second-order valence-electron chi connectivity index (χ2n) is 6.03. The molecule has 0 saturated heterocycles. The highest BCUT2D eigenvalue weighted by Gasteiger charge is 2.22. The molecule has 2 amide bonds. The molecule has 3 rings (SSSR count). The van der Waals surface area contributed by atoms with E-state index in [0.717, 1.165) is 0 Å². The van der Waals surface area contributed by atoms with E-state index < -0.39 is 11.8 Å². The lowest BCUT2D eigenvalue weighted by Crippen LogP contribution is -2.25. The number of rotatable bonds is 4. The highest BCUT2D eigenvalue weighted by molar-refractivity contribution is 6.28. The molecule has 2 aromatic rings. The maximum Gasteiger partial charge on any atom is 0.281 e. The van der Waals surface area contributed by atoms with Crippen LogP contribution < -0.4 is 14.8 Å². The van der Waals surface area contributed by atoms with E-state index in [1.54, 1.807) is 38.1 Å². The number of aromatic nitrogens is 2. The largest absolute Gasteiger partial charge is 0.497 e. The van der Waals surface area contributed by atoms with E-state index in [1.165, 1.54) is 18.9 Å². The van der Waals surface area contributed by atoms with Gasteiger partial charge in [-0.25, -0.2) is 4.99 Å². The Morgan fingerprint density at radius 1 is 1.07 bits per heavy atom. The Labute approximate surface area is 161 Å². The lowest BCUT2D eigenvalue weighted by atomic mass is 10.2. The summed E-state index contributed by atoms with van der Waals surface area (Å²) in [6, 6.07) is 6.48. The van der Waals surface area contributed by atoms with Crippen molar-refractivity contribution in [3.8, 4) is 11.5 Å². The van der Waals surface area contributed by atoms with E-state index in [1.807, 2.05) is 0 Å². The molecule has 0 atom stereocenters. The van der Waals surface area contributed by atoms with Crippen molar-refractivity contribution in [3.05, 3.63) is 47.7 Å². The molecule has 0 saturated carbocycles.